The van der Waals surface area contributed by atoms with Gasteiger partial charge in [-0.05, 0) is 19.8 Å². The van der Waals surface area contributed by atoms with Gasteiger partial charge in [-0.3, -0.25) is 9.59 Å². The Kier molecular flexibility index (Phi) is 5.67. The molecule has 2 N–H and O–H groups in total. The van der Waals surface area contributed by atoms with Crippen LogP contribution in [-0.2, 0) is 9.59 Å². The maximum Gasteiger partial charge on any atom is 0.306 e. The molecule has 1 rings (SSSR count). The summed E-state index contributed by atoms with van der Waals surface area (Å²) in [4.78, 5) is 23.4. The van der Waals surface area contributed by atoms with E-state index < -0.39 is 12.1 Å². The fourth-order valence-electron chi connectivity index (χ4n) is 1.61. The fourth-order valence-corrected chi connectivity index (χ4v) is 1.61. The zero-order valence-corrected chi connectivity index (χ0v) is 9.64. The van der Waals surface area contributed by atoms with E-state index in [0.29, 0.717) is 25.9 Å². The second kappa shape index (κ2) is 5.97. The molecule has 1 aliphatic heterocycles. The lowest BCUT2D eigenvalue weighted by atomic mass is 9.97. The summed E-state index contributed by atoms with van der Waals surface area (Å²) < 4.78 is 0. The van der Waals surface area contributed by atoms with E-state index in [2.05, 4.69) is 0 Å². The van der Waals surface area contributed by atoms with Crippen LogP contribution in [0.15, 0.2) is 0 Å². The van der Waals surface area contributed by atoms with Crippen LogP contribution in [0.5, 0.6) is 0 Å². The lowest BCUT2D eigenvalue weighted by molar-refractivity contribution is -0.147. The fraction of sp³-hybridized carbons (Fsp3) is 0.778. The normalized spacial score (nSPS) is 19.2. The van der Waals surface area contributed by atoms with Gasteiger partial charge in [-0.15, -0.1) is 0 Å². The molecule has 0 saturated carbocycles. The van der Waals surface area contributed by atoms with Crippen LogP contribution in [0.2, 0.25) is 0 Å². The van der Waals surface area contributed by atoms with Crippen molar-refractivity contribution in [2.24, 2.45) is 5.92 Å². The van der Waals surface area contributed by atoms with Gasteiger partial charge in [0, 0.05) is 13.1 Å². The van der Waals surface area contributed by atoms with Crippen molar-refractivity contribution in [1.82, 2.24) is 4.90 Å². The number of piperidine rings is 1. The Bertz CT molecular complexity index is 236. The summed E-state index contributed by atoms with van der Waals surface area (Å²) in [6, 6.07) is 0. The molecule has 6 heteroatoms. The average Bonchev–Trinajstić information content (AvgIpc) is 2.16. The zero-order valence-electron chi connectivity index (χ0n) is 8.64. The van der Waals surface area contributed by atoms with Crippen molar-refractivity contribution < 1.29 is 19.8 Å². The highest BCUT2D eigenvalue weighted by Crippen LogP contribution is 2.17. The first kappa shape index (κ1) is 14.2. The van der Waals surface area contributed by atoms with Gasteiger partial charge in [0.2, 0.25) is 0 Å². The number of aliphatic carboxylic acids is 1. The molecule has 1 saturated heterocycles. The number of carbonyl (C=O) groups is 2. The van der Waals surface area contributed by atoms with Gasteiger partial charge < -0.3 is 15.1 Å². The van der Waals surface area contributed by atoms with Crippen LogP contribution in [0.4, 0.5) is 0 Å². The third-order valence-corrected chi connectivity index (χ3v) is 2.51. The molecule has 0 radical (unpaired) electrons. The van der Waals surface area contributed by atoms with Crippen molar-refractivity contribution in [3.05, 3.63) is 0 Å². The first-order chi connectivity index (χ1) is 6.52. The Morgan fingerprint density at radius 3 is 2.13 bits per heavy atom. The van der Waals surface area contributed by atoms with Gasteiger partial charge in [-0.25, -0.2) is 0 Å². The van der Waals surface area contributed by atoms with E-state index >= 15 is 0 Å². The number of carboxylic acids is 1. The number of nitrogens with zero attached hydrogens (tertiary/aromatic N) is 1. The van der Waals surface area contributed by atoms with Crippen LogP contribution >= 0.6 is 13.5 Å². The molecule has 0 bridgehead atoms. The van der Waals surface area contributed by atoms with E-state index in [1.807, 2.05) is 0 Å². The Hall–Kier alpha value is -0.750. The minimum absolute atomic E-state index is 0. The summed E-state index contributed by atoms with van der Waals surface area (Å²) in [6.07, 6.45) is -0.0296. The number of amides is 1. The van der Waals surface area contributed by atoms with E-state index in [1.54, 1.807) is 0 Å². The molecule has 88 valence electrons. The number of likely N-dealkylation sites (tertiary alicyclic amines) is 1. The number of carboxylic acid groups (broad SMARTS) is 1. The number of aliphatic hydroxyl groups is 1. The SMILES string of the molecule is C[C@H](O)C(=O)N1CCC(C(=O)O)CC1.S. The van der Waals surface area contributed by atoms with Crippen molar-refractivity contribution in [2.45, 2.75) is 25.9 Å². The summed E-state index contributed by atoms with van der Waals surface area (Å²) in [5, 5.41) is 17.8. The van der Waals surface area contributed by atoms with Crippen LogP contribution in [0.25, 0.3) is 0 Å². The topological polar surface area (TPSA) is 77.8 Å². The second-order valence-electron chi connectivity index (χ2n) is 3.61. The molecule has 1 heterocycles. The van der Waals surface area contributed by atoms with Crippen LogP contribution < -0.4 is 0 Å². The molecule has 1 fully saturated rings. The van der Waals surface area contributed by atoms with Crippen molar-refractivity contribution in [3.63, 3.8) is 0 Å². The summed E-state index contributed by atoms with van der Waals surface area (Å²) >= 11 is 0. The standard InChI is InChI=1S/C9H15NO4.H2S/c1-6(11)8(12)10-4-2-7(3-5-10)9(13)14;/h6-7,11H,2-5H2,1H3,(H,13,14);1H2/t6-;/m0./s1. The molecule has 1 atom stereocenters. The number of carbonyl (C=O) groups excluding carboxylic acids is 1. The molecule has 1 amide bonds. The molecule has 5 nitrogen and oxygen atoms in total. The Morgan fingerprint density at radius 2 is 1.80 bits per heavy atom. The lowest BCUT2D eigenvalue weighted by Gasteiger charge is -2.30. The van der Waals surface area contributed by atoms with E-state index in [4.69, 9.17) is 10.2 Å². The van der Waals surface area contributed by atoms with Crippen LogP contribution in [0, 0.1) is 5.92 Å². The van der Waals surface area contributed by atoms with E-state index in [9.17, 15) is 9.59 Å². The van der Waals surface area contributed by atoms with Crippen molar-refractivity contribution in [2.75, 3.05) is 13.1 Å². The third-order valence-electron chi connectivity index (χ3n) is 2.51. The molecule has 0 aromatic carbocycles. The monoisotopic (exact) mass is 235 g/mol. The van der Waals surface area contributed by atoms with Crippen LogP contribution in [-0.4, -0.2) is 46.2 Å². The molecule has 1 aliphatic rings. The minimum Gasteiger partial charge on any atom is -0.481 e. The molecule has 0 spiro atoms. The van der Waals surface area contributed by atoms with E-state index in [-0.39, 0.29) is 25.3 Å². The first-order valence-electron chi connectivity index (χ1n) is 4.72. The highest BCUT2D eigenvalue weighted by molar-refractivity contribution is 7.59. The Morgan fingerprint density at radius 1 is 1.33 bits per heavy atom. The van der Waals surface area contributed by atoms with Crippen LogP contribution in [0.1, 0.15) is 19.8 Å². The van der Waals surface area contributed by atoms with Gasteiger partial charge in [-0.1, -0.05) is 0 Å². The molecule has 0 aromatic heterocycles. The largest absolute Gasteiger partial charge is 0.481 e. The Balaban J connectivity index is 0.00000196. The quantitative estimate of drug-likeness (QED) is 0.695. The van der Waals surface area contributed by atoms with Crippen molar-refractivity contribution in [1.29, 1.82) is 0 Å². The molecule has 0 aliphatic carbocycles. The lowest BCUT2D eigenvalue weighted by Crippen LogP contribution is -2.44. The van der Waals surface area contributed by atoms with Crippen molar-refractivity contribution in [3.8, 4) is 0 Å². The predicted molar refractivity (Wildman–Crippen MR) is 59.0 cm³/mol. The average molecular weight is 235 g/mol. The molecular formula is C9H17NO4S. The summed E-state index contributed by atoms with van der Waals surface area (Å²) in [6.45, 7) is 2.28. The van der Waals surface area contributed by atoms with E-state index in [1.165, 1.54) is 11.8 Å². The number of hydrogen-bond acceptors (Lipinski definition) is 3. The highest BCUT2D eigenvalue weighted by Gasteiger charge is 2.28. The van der Waals surface area contributed by atoms with Gasteiger partial charge in [0.05, 0.1) is 5.92 Å². The predicted octanol–water partition coefficient (Wildman–Crippen LogP) is -0.197. The smallest absolute Gasteiger partial charge is 0.306 e. The Labute approximate surface area is 95.5 Å². The maximum absolute atomic E-state index is 11.3. The van der Waals surface area contributed by atoms with Gasteiger partial charge >= 0.3 is 5.97 Å². The minimum atomic E-state index is -0.989. The van der Waals surface area contributed by atoms with Crippen LogP contribution in [0.3, 0.4) is 0 Å². The number of rotatable bonds is 2. The van der Waals surface area contributed by atoms with E-state index in [0.717, 1.165) is 0 Å². The molecular weight excluding hydrogens is 218 g/mol. The second-order valence-corrected chi connectivity index (χ2v) is 3.61. The number of aliphatic hydroxyl groups excluding tert-OH is 1. The zero-order chi connectivity index (χ0) is 10.7. The molecule has 0 unspecified atom stereocenters. The molecule has 0 aromatic rings. The highest BCUT2D eigenvalue weighted by atomic mass is 32.1. The van der Waals surface area contributed by atoms with Gasteiger partial charge in [0.25, 0.3) is 5.91 Å². The molecule has 15 heavy (non-hydrogen) atoms. The summed E-state index contributed by atoms with van der Waals surface area (Å²) in [5.74, 6) is -1.45. The summed E-state index contributed by atoms with van der Waals surface area (Å²) in [5.41, 5.74) is 0. The van der Waals surface area contributed by atoms with Gasteiger partial charge in [-0.2, -0.15) is 13.5 Å². The number of hydrogen-bond donors (Lipinski definition) is 2. The summed E-state index contributed by atoms with van der Waals surface area (Å²) in [7, 11) is 0. The maximum atomic E-state index is 11.3. The van der Waals surface area contributed by atoms with Gasteiger partial charge in [0.1, 0.15) is 6.10 Å². The third kappa shape index (κ3) is 3.71. The van der Waals surface area contributed by atoms with Gasteiger partial charge in [0.15, 0.2) is 0 Å². The first-order valence-corrected chi connectivity index (χ1v) is 4.72. The van der Waals surface area contributed by atoms with Crippen molar-refractivity contribution >= 4 is 25.4 Å².